The second-order valence-corrected chi connectivity index (χ2v) is 13.2. The topological polar surface area (TPSA) is 211 Å². The van der Waals surface area contributed by atoms with Crippen molar-refractivity contribution in [3.63, 3.8) is 0 Å². The number of hydrogen-bond acceptors (Lipinski definition) is 12. The van der Waals surface area contributed by atoms with Crippen LogP contribution in [-0.2, 0) is 28.8 Å². The lowest BCUT2D eigenvalue weighted by Gasteiger charge is -2.29. The normalized spacial score (nSPS) is 23.0. The van der Waals surface area contributed by atoms with E-state index in [2.05, 4.69) is 29.9 Å². The third-order valence-electron chi connectivity index (χ3n) is 9.36. The molecule has 6 aliphatic rings. The maximum absolute atomic E-state index is 13.4. The molecule has 9 rings (SSSR count). The Morgan fingerprint density at radius 1 is 0.706 bits per heavy atom. The maximum atomic E-state index is 13.4. The van der Waals surface area contributed by atoms with Crippen LogP contribution in [0.4, 0.5) is 0 Å². The summed E-state index contributed by atoms with van der Waals surface area (Å²) >= 11 is 0. The molecule has 51 heavy (non-hydrogen) atoms. The van der Waals surface area contributed by atoms with Crippen molar-refractivity contribution < 1.29 is 28.8 Å². The number of aldehydes is 1. The summed E-state index contributed by atoms with van der Waals surface area (Å²) in [5, 5.41) is 0. The minimum Gasteiger partial charge on any atom is -0.325 e. The van der Waals surface area contributed by atoms with Crippen LogP contribution >= 0.6 is 0 Å². The number of H-pyrrole nitrogens is 2. The van der Waals surface area contributed by atoms with E-state index < -0.39 is 58.5 Å². The number of Topliss-reactive ketones (excluding diaryl/α,β-unsaturated/α-hetero) is 5. The molecule has 2 N–H and O–H groups in total. The van der Waals surface area contributed by atoms with Crippen molar-refractivity contribution >= 4 is 80.6 Å². The third kappa shape index (κ3) is 5.26. The van der Waals surface area contributed by atoms with Crippen molar-refractivity contribution in [3.8, 4) is 0 Å². The lowest BCUT2D eigenvalue weighted by Crippen LogP contribution is -2.38. The van der Waals surface area contributed by atoms with Crippen molar-refractivity contribution in [2.75, 3.05) is 0 Å². The second kappa shape index (κ2) is 11.9. The van der Waals surface area contributed by atoms with E-state index in [-0.39, 0.29) is 46.8 Å². The predicted molar refractivity (Wildman–Crippen MR) is 183 cm³/mol. The quantitative estimate of drug-likeness (QED) is 0.218. The van der Waals surface area contributed by atoms with E-state index in [0.29, 0.717) is 33.6 Å². The van der Waals surface area contributed by atoms with E-state index in [1.54, 1.807) is 67.7 Å². The Kier molecular flexibility index (Phi) is 7.40. The zero-order valence-corrected chi connectivity index (χ0v) is 27.4. The Morgan fingerprint density at radius 3 is 2.00 bits per heavy atom. The summed E-state index contributed by atoms with van der Waals surface area (Å²) < 4.78 is 0. The highest BCUT2D eigenvalue weighted by molar-refractivity contribution is 6.47. The zero-order chi connectivity index (χ0) is 35.7. The van der Waals surface area contributed by atoms with E-state index in [4.69, 9.17) is 9.97 Å². The molecule has 14 nitrogen and oxygen atoms in total. The molecule has 4 aliphatic carbocycles. The molecule has 5 heterocycles. The summed E-state index contributed by atoms with van der Waals surface area (Å²) in [5.41, 5.74) is 2.52. The highest BCUT2D eigenvalue weighted by atomic mass is 16.2. The van der Waals surface area contributed by atoms with Gasteiger partial charge in [0.15, 0.2) is 29.6 Å². The number of ketones is 5. The van der Waals surface area contributed by atoms with Gasteiger partial charge in [-0.15, -0.1) is 0 Å². The number of allylic oxidation sites excluding steroid dienone is 9. The lowest BCUT2D eigenvalue weighted by molar-refractivity contribution is -0.138. The Morgan fingerprint density at radius 2 is 1.33 bits per heavy atom. The number of rotatable bonds is 6. The van der Waals surface area contributed by atoms with Crippen molar-refractivity contribution in [1.29, 1.82) is 0 Å². The second-order valence-electron chi connectivity index (χ2n) is 13.2. The summed E-state index contributed by atoms with van der Waals surface area (Å²) in [6.45, 7) is 5.49. The first kappa shape index (κ1) is 31.8. The molecule has 14 heteroatoms. The average molecular weight is 681 g/mol. The first-order valence-electron chi connectivity index (χ1n) is 16.4. The number of carbonyl (C=O) groups is 6. The van der Waals surface area contributed by atoms with Crippen LogP contribution < -0.4 is 0 Å². The van der Waals surface area contributed by atoms with Crippen LogP contribution in [-0.4, -0.2) is 75.1 Å². The molecule has 5 atom stereocenters. The van der Waals surface area contributed by atoms with Crippen molar-refractivity contribution in [2.45, 2.75) is 26.7 Å². The third-order valence-corrected chi connectivity index (χ3v) is 9.36. The molecule has 0 radical (unpaired) electrons. The Bertz CT molecular complexity index is 2480. The number of hydrogen-bond donors (Lipinski definition) is 2. The van der Waals surface area contributed by atoms with Gasteiger partial charge in [-0.25, -0.2) is 29.9 Å². The van der Waals surface area contributed by atoms with Gasteiger partial charge in [0.05, 0.1) is 23.7 Å². The summed E-state index contributed by atoms with van der Waals surface area (Å²) in [7, 11) is 0. The van der Waals surface area contributed by atoms with E-state index in [1.807, 2.05) is 13.8 Å². The summed E-state index contributed by atoms with van der Waals surface area (Å²) in [4.78, 5) is 111. The first-order valence-corrected chi connectivity index (χ1v) is 16.4. The average Bonchev–Trinajstić information content (AvgIpc) is 3.89. The van der Waals surface area contributed by atoms with Gasteiger partial charge in [-0.2, -0.15) is 0 Å². The molecule has 0 amide bonds. The molecule has 10 bridgehead atoms. The van der Waals surface area contributed by atoms with E-state index >= 15 is 0 Å². The SMILES string of the molecule is CC(C)/C=C\C(C(=O)C=O)C1=Cc2nc1nc1[nH]c(cc1C1C=CC(C)C(=O)C1=O)nc1nc(nc3ccc(n2)[nH]3)C2=C1C1C=CC2C(=O)C1=O. The van der Waals surface area contributed by atoms with E-state index in [9.17, 15) is 28.8 Å². The smallest absolute Gasteiger partial charge is 0.210 e. The minimum atomic E-state index is -1.04. The zero-order valence-electron chi connectivity index (χ0n) is 27.4. The lowest BCUT2D eigenvalue weighted by atomic mass is 9.70. The Hall–Kier alpha value is -6.44. The monoisotopic (exact) mass is 680 g/mol. The number of aromatic nitrogens is 8. The van der Waals surface area contributed by atoms with Gasteiger partial charge in [0.25, 0.3) is 0 Å². The van der Waals surface area contributed by atoms with E-state index in [1.165, 1.54) is 0 Å². The van der Waals surface area contributed by atoms with Gasteiger partial charge in [0.2, 0.25) is 28.9 Å². The number of carbonyl (C=O) groups excluding carboxylic acids is 6. The number of fused-ring (bicyclic) bond motifs is 9. The van der Waals surface area contributed by atoms with Gasteiger partial charge < -0.3 is 9.97 Å². The Balaban J connectivity index is 1.44. The van der Waals surface area contributed by atoms with Crippen molar-refractivity contribution in [2.24, 2.45) is 29.6 Å². The fourth-order valence-corrected chi connectivity index (χ4v) is 6.82. The van der Waals surface area contributed by atoms with Crippen LogP contribution in [0.1, 0.15) is 55.6 Å². The molecule has 0 aromatic carbocycles. The highest BCUT2D eigenvalue weighted by Gasteiger charge is 2.48. The van der Waals surface area contributed by atoms with Crippen LogP contribution in [0.25, 0.3) is 45.4 Å². The Labute approximate surface area is 288 Å². The van der Waals surface area contributed by atoms with Gasteiger partial charge in [0.1, 0.15) is 22.6 Å². The van der Waals surface area contributed by atoms with Gasteiger partial charge in [0, 0.05) is 28.2 Å². The molecule has 0 saturated carbocycles. The molecule has 0 spiro atoms. The fraction of sp³-hybridized carbons (Fsp3) is 0.243. The highest BCUT2D eigenvalue weighted by Crippen LogP contribution is 2.47. The number of nitrogens with one attached hydrogen (secondary N) is 2. The predicted octanol–water partition coefficient (Wildman–Crippen LogP) is 3.32. The van der Waals surface area contributed by atoms with Crippen LogP contribution in [0.3, 0.4) is 0 Å². The van der Waals surface area contributed by atoms with Gasteiger partial charge in [-0.3, -0.25) is 28.8 Å². The van der Waals surface area contributed by atoms with Crippen LogP contribution in [0.15, 0.2) is 54.7 Å². The molecule has 3 aromatic rings. The molecule has 3 aromatic heterocycles. The molecule has 0 fully saturated rings. The number of aromatic amines is 2. The molecule has 0 saturated heterocycles. The van der Waals surface area contributed by atoms with E-state index in [0.717, 1.165) is 0 Å². The van der Waals surface area contributed by atoms with Crippen LogP contribution in [0.2, 0.25) is 0 Å². The molecule has 5 unspecified atom stereocenters. The molecule has 2 aliphatic heterocycles. The largest absolute Gasteiger partial charge is 0.325 e. The van der Waals surface area contributed by atoms with Crippen LogP contribution in [0, 0.1) is 29.6 Å². The molecular weight excluding hydrogens is 652 g/mol. The molecule has 252 valence electrons. The van der Waals surface area contributed by atoms with Crippen molar-refractivity contribution in [1.82, 2.24) is 39.9 Å². The standard InChI is InChI=1S/C37H28N8O6/c1-15(2)4-6-17(23(47)14-46)21-12-26-39-24-10-11-25(38-24)40-36-28-19-8-9-20(33(51)32(19)50)29(28)37(45-36)43-27-13-22(35(42-27)44-34(21)41-26)18-7-5-16(3)30(48)31(18)49/h4-20H,1-3H3,(H2,38,39,40,41,42,43,44,45)/b6-4-. The summed E-state index contributed by atoms with van der Waals surface area (Å²) in [6.07, 6.45) is 11.8. The van der Waals surface area contributed by atoms with Gasteiger partial charge >= 0.3 is 0 Å². The maximum Gasteiger partial charge on any atom is 0.210 e. The van der Waals surface area contributed by atoms with Gasteiger partial charge in [-0.1, -0.05) is 57.2 Å². The minimum absolute atomic E-state index is 0.0464. The summed E-state index contributed by atoms with van der Waals surface area (Å²) in [6, 6.07) is 4.88. The fourth-order valence-electron chi connectivity index (χ4n) is 6.82. The number of nitrogens with zero attached hydrogens (tertiary/aromatic N) is 6. The molecular formula is C37H28N8O6. The summed E-state index contributed by atoms with van der Waals surface area (Å²) in [5.74, 6) is -6.85. The van der Waals surface area contributed by atoms with Gasteiger partial charge in [-0.05, 0) is 30.2 Å². The first-order chi connectivity index (χ1) is 24.5. The van der Waals surface area contributed by atoms with Crippen molar-refractivity contribution in [3.05, 3.63) is 83.5 Å². The van der Waals surface area contributed by atoms with Crippen LogP contribution in [0.5, 0.6) is 0 Å².